The van der Waals surface area contributed by atoms with Crippen LogP contribution >= 0.6 is 0 Å². The Morgan fingerprint density at radius 1 is 0.679 bits per heavy atom. The summed E-state index contributed by atoms with van der Waals surface area (Å²) < 4.78 is 26.2. The molecule has 0 amide bonds. The van der Waals surface area contributed by atoms with Gasteiger partial charge in [0.1, 0.15) is 24.5 Å². The van der Waals surface area contributed by atoms with E-state index in [1.165, 1.54) is 5.57 Å². The molecule has 6 aromatic rings. The number of carbonyl (C=O) groups is 1. The van der Waals surface area contributed by atoms with Gasteiger partial charge in [-0.05, 0) is 97.1 Å². The van der Waals surface area contributed by atoms with Crippen molar-refractivity contribution >= 4 is 46.4 Å². The van der Waals surface area contributed by atoms with Gasteiger partial charge in [-0.15, -0.1) is 0 Å². The summed E-state index contributed by atoms with van der Waals surface area (Å²) in [4.78, 5) is 12.6. The highest BCUT2D eigenvalue weighted by atomic mass is 28.4. The van der Waals surface area contributed by atoms with Crippen molar-refractivity contribution in [3.05, 3.63) is 157 Å². The minimum atomic E-state index is -3.03. The summed E-state index contributed by atoms with van der Waals surface area (Å²) in [5, 5.41) is 15.3. The molecule has 6 nitrogen and oxygen atoms in total. The molecule has 0 bridgehead atoms. The predicted molar refractivity (Wildman–Crippen MR) is 230 cm³/mol. The molecule has 6 aromatic carbocycles. The number of nitrogens with zero attached hydrogens (tertiary/aromatic N) is 1. The van der Waals surface area contributed by atoms with Crippen LogP contribution in [0.2, 0.25) is 0 Å². The van der Waals surface area contributed by atoms with E-state index in [0.717, 1.165) is 61.5 Å². The van der Waals surface area contributed by atoms with Crippen molar-refractivity contribution in [3.8, 4) is 28.7 Å². The lowest BCUT2D eigenvalue weighted by atomic mass is 9.92. The van der Waals surface area contributed by atoms with Crippen LogP contribution in [0.3, 0.4) is 0 Å². The summed E-state index contributed by atoms with van der Waals surface area (Å²) in [6.07, 6.45) is 5.78. The molecular weight excluding hydrogens is 711 g/mol. The third kappa shape index (κ3) is 9.71. The van der Waals surface area contributed by atoms with Gasteiger partial charge in [-0.3, -0.25) is 4.79 Å². The standard InChI is InChI=1S/C49H49NO5Si/c1-36(32-34-53-56(55-49(3,4)5,40-21-8-6-9-22-40)41-23-10-7-11-24-41)17-16-18-37(2)35-52-44-29-27-38-19-12-14-25-42(38)47(44)48-43-26-15-13-20-39(43)28-30-45(48)54-46(51)31-33-50/h6-15,18-30,32H,16-17,31,34-35H2,1-5H3. The van der Waals surface area contributed by atoms with Gasteiger partial charge in [-0.25, -0.2) is 0 Å². The predicted octanol–water partition coefficient (Wildman–Crippen LogP) is 10.6. The summed E-state index contributed by atoms with van der Waals surface area (Å²) in [5.41, 5.74) is 3.53. The third-order valence-corrected chi connectivity index (χ3v) is 13.1. The summed E-state index contributed by atoms with van der Waals surface area (Å²) in [7, 11) is -3.03. The molecule has 0 aliphatic rings. The maximum atomic E-state index is 12.6. The first kappa shape index (κ1) is 39.9. The van der Waals surface area contributed by atoms with E-state index in [1.54, 1.807) is 6.07 Å². The van der Waals surface area contributed by atoms with Gasteiger partial charge in [-0.2, -0.15) is 5.26 Å². The zero-order valence-electron chi connectivity index (χ0n) is 32.9. The molecule has 284 valence electrons. The first-order chi connectivity index (χ1) is 27.1. The molecule has 7 heteroatoms. The lowest BCUT2D eigenvalue weighted by Gasteiger charge is -2.37. The first-order valence-electron chi connectivity index (χ1n) is 19.1. The maximum absolute atomic E-state index is 12.6. The monoisotopic (exact) mass is 759 g/mol. The molecule has 56 heavy (non-hydrogen) atoms. The second-order valence-electron chi connectivity index (χ2n) is 14.9. The van der Waals surface area contributed by atoms with Crippen LogP contribution in [0.25, 0.3) is 32.7 Å². The van der Waals surface area contributed by atoms with Crippen LogP contribution < -0.4 is 19.8 Å². The highest BCUT2D eigenvalue weighted by Crippen LogP contribution is 2.45. The lowest BCUT2D eigenvalue weighted by Crippen LogP contribution is -2.65. The highest BCUT2D eigenvalue weighted by Gasteiger charge is 2.45. The van der Waals surface area contributed by atoms with Gasteiger partial charge in [0.25, 0.3) is 0 Å². The number of carbonyl (C=O) groups excluding carboxylic acids is 1. The largest absolute Gasteiger partial charge is 0.489 e. The Kier molecular flexibility index (Phi) is 13.0. The number of fused-ring (bicyclic) bond motifs is 2. The molecule has 0 atom stereocenters. The van der Waals surface area contributed by atoms with Crippen molar-refractivity contribution in [3.63, 3.8) is 0 Å². The van der Waals surface area contributed by atoms with Crippen LogP contribution in [-0.2, 0) is 13.6 Å². The van der Waals surface area contributed by atoms with Crippen LogP contribution in [0.15, 0.2) is 157 Å². The van der Waals surface area contributed by atoms with E-state index in [0.29, 0.717) is 24.7 Å². The smallest absolute Gasteiger partial charge is 0.407 e. The first-order valence-corrected chi connectivity index (χ1v) is 20.9. The number of nitriles is 1. The van der Waals surface area contributed by atoms with Crippen molar-refractivity contribution in [1.82, 2.24) is 0 Å². The minimum absolute atomic E-state index is 0.341. The van der Waals surface area contributed by atoms with Crippen molar-refractivity contribution < 1.29 is 23.1 Å². The maximum Gasteiger partial charge on any atom is 0.407 e. The van der Waals surface area contributed by atoms with E-state index in [4.69, 9.17) is 23.6 Å². The Hall–Kier alpha value is -5.78. The zero-order valence-corrected chi connectivity index (χ0v) is 33.9. The Morgan fingerprint density at radius 2 is 1.21 bits per heavy atom. The molecular formula is C49H49NO5Si. The van der Waals surface area contributed by atoms with Crippen LogP contribution in [0.5, 0.6) is 11.5 Å². The van der Waals surface area contributed by atoms with Crippen molar-refractivity contribution in [1.29, 1.82) is 5.26 Å². The molecule has 0 aliphatic heterocycles. The number of rotatable bonds is 15. The van der Waals surface area contributed by atoms with Gasteiger partial charge < -0.3 is 18.3 Å². The number of hydrogen-bond acceptors (Lipinski definition) is 6. The summed E-state index contributed by atoms with van der Waals surface area (Å²) in [6, 6.07) is 46.5. The molecule has 0 N–H and O–H groups in total. The highest BCUT2D eigenvalue weighted by molar-refractivity contribution is 6.92. The summed E-state index contributed by atoms with van der Waals surface area (Å²) in [6.45, 7) is 11.3. The van der Waals surface area contributed by atoms with Gasteiger partial charge in [0.15, 0.2) is 0 Å². The molecule has 6 rings (SSSR count). The molecule has 0 aliphatic carbocycles. The van der Waals surface area contributed by atoms with Crippen LogP contribution in [0.4, 0.5) is 0 Å². The van der Waals surface area contributed by atoms with Gasteiger partial charge in [-0.1, -0.05) is 139 Å². The van der Waals surface area contributed by atoms with E-state index >= 15 is 0 Å². The molecule has 0 unspecified atom stereocenters. The molecule has 0 fully saturated rings. The second-order valence-corrected chi connectivity index (χ2v) is 17.8. The minimum Gasteiger partial charge on any atom is -0.489 e. The number of benzene rings is 6. The van der Waals surface area contributed by atoms with E-state index in [2.05, 4.69) is 89.2 Å². The number of esters is 1. The van der Waals surface area contributed by atoms with E-state index in [1.807, 2.05) is 91.0 Å². The van der Waals surface area contributed by atoms with Gasteiger partial charge in [0.05, 0.1) is 18.3 Å². The lowest BCUT2D eigenvalue weighted by molar-refractivity contribution is -0.133. The SMILES string of the molecule is CC(=CCO[Si](OC(C)(C)C)(c1ccccc1)c1ccccc1)CCC=C(C)COc1ccc2ccccc2c1-c1c(OC(=O)CC#N)ccc2ccccc12. The Labute approximate surface area is 331 Å². The molecule has 0 radical (unpaired) electrons. The zero-order chi connectivity index (χ0) is 39.5. The normalized spacial score (nSPS) is 12.4. The Morgan fingerprint density at radius 3 is 1.79 bits per heavy atom. The second kappa shape index (κ2) is 18.2. The van der Waals surface area contributed by atoms with Gasteiger partial charge in [0, 0.05) is 11.1 Å². The summed E-state index contributed by atoms with van der Waals surface area (Å²) in [5.74, 6) is 0.468. The topological polar surface area (TPSA) is 77.8 Å². The Bertz CT molecular complexity index is 2350. The molecule has 0 heterocycles. The fraction of sp³-hybridized carbons (Fsp3) is 0.224. The van der Waals surface area contributed by atoms with Gasteiger partial charge >= 0.3 is 14.5 Å². The molecule has 0 spiro atoms. The van der Waals surface area contributed by atoms with Crippen molar-refractivity contribution in [2.24, 2.45) is 0 Å². The van der Waals surface area contributed by atoms with Crippen LogP contribution in [-0.4, -0.2) is 33.3 Å². The molecule has 0 saturated heterocycles. The fourth-order valence-corrected chi connectivity index (χ4v) is 10.3. The number of allylic oxidation sites excluding steroid dienone is 2. The number of ether oxygens (including phenoxy) is 2. The average molecular weight is 760 g/mol. The van der Waals surface area contributed by atoms with Gasteiger partial charge in [0.2, 0.25) is 0 Å². The Balaban J connectivity index is 1.20. The fourth-order valence-electron chi connectivity index (χ4n) is 6.87. The average Bonchev–Trinajstić information content (AvgIpc) is 3.20. The number of hydrogen-bond donors (Lipinski definition) is 0. The third-order valence-electron chi connectivity index (χ3n) is 9.44. The summed E-state index contributed by atoms with van der Waals surface area (Å²) >= 11 is 0. The molecule has 0 aromatic heterocycles. The van der Waals surface area contributed by atoms with Crippen LogP contribution in [0.1, 0.15) is 53.9 Å². The van der Waals surface area contributed by atoms with E-state index < -0.39 is 20.1 Å². The van der Waals surface area contributed by atoms with E-state index in [-0.39, 0.29) is 6.42 Å². The van der Waals surface area contributed by atoms with Crippen molar-refractivity contribution in [2.45, 2.75) is 59.5 Å². The van der Waals surface area contributed by atoms with E-state index in [9.17, 15) is 4.79 Å². The van der Waals surface area contributed by atoms with Crippen LogP contribution in [0, 0.1) is 11.3 Å². The molecule has 0 saturated carbocycles. The quantitative estimate of drug-likeness (QED) is 0.0449. The van der Waals surface area contributed by atoms with Crippen molar-refractivity contribution in [2.75, 3.05) is 13.2 Å².